The molecule has 0 saturated carbocycles. The van der Waals surface area contributed by atoms with E-state index in [-0.39, 0.29) is 13.0 Å². The van der Waals surface area contributed by atoms with Crippen molar-refractivity contribution in [3.05, 3.63) is 12.7 Å². The molecule has 0 aliphatic carbocycles. The number of amides is 1. The number of aliphatic hydroxyl groups excluding tert-OH is 1. The zero-order chi connectivity index (χ0) is 18.9. The smallest absolute Gasteiger partial charge is 0.408 e. The van der Waals surface area contributed by atoms with Gasteiger partial charge in [0.15, 0.2) is 0 Å². The molecule has 3 atom stereocenters. The predicted octanol–water partition coefficient (Wildman–Crippen LogP) is 1.03. The molecule has 8 nitrogen and oxygen atoms in total. The van der Waals surface area contributed by atoms with E-state index in [0.717, 1.165) is 7.11 Å². The summed E-state index contributed by atoms with van der Waals surface area (Å²) in [4.78, 5) is 35.8. The van der Waals surface area contributed by atoms with Gasteiger partial charge in [-0.1, -0.05) is 6.08 Å². The molecule has 0 radical (unpaired) electrons. The Morgan fingerprint density at radius 2 is 1.71 bits per heavy atom. The molecular weight excluding hydrogens is 318 g/mol. The second kappa shape index (κ2) is 9.92. The number of ether oxygens (including phenoxy) is 3. The van der Waals surface area contributed by atoms with E-state index >= 15 is 0 Å². The van der Waals surface area contributed by atoms with Crippen LogP contribution < -0.4 is 5.32 Å². The van der Waals surface area contributed by atoms with Crippen molar-refractivity contribution < 1.29 is 33.7 Å². The molecule has 0 rings (SSSR count). The quantitative estimate of drug-likeness (QED) is 0.384. The van der Waals surface area contributed by atoms with E-state index in [1.54, 1.807) is 20.8 Å². The number of hydrogen-bond acceptors (Lipinski definition) is 7. The molecule has 0 unspecified atom stereocenters. The van der Waals surface area contributed by atoms with Crippen molar-refractivity contribution in [1.82, 2.24) is 5.32 Å². The number of hydrogen-bond donors (Lipinski definition) is 2. The summed E-state index contributed by atoms with van der Waals surface area (Å²) < 4.78 is 14.5. The number of nitrogens with one attached hydrogen (secondary N) is 1. The van der Waals surface area contributed by atoms with Crippen molar-refractivity contribution in [2.24, 2.45) is 11.8 Å². The largest absolute Gasteiger partial charge is 0.469 e. The van der Waals surface area contributed by atoms with Crippen LogP contribution in [0.15, 0.2) is 12.7 Å². The Labute approximate surface area is 142 Å². The van der Waals surface area contributed by atoms with E-state index in [1.807, 2.05) is 0 Å². The second-order valence-corrected chi connectivity index (χ2v) is 6.17. The molecule has 1 amide bonds. The van der Waals surface area contributed by atoms with E-state index in [9.17, 15) is 19.5 Å². The first-order valence-corrected chi connectivity index (χ1v) is 7.48. The molecule has 24 heavy (non-hydrogen) atoms. The normalized spacial score (nSPS) is 14.8. The lowest BCUT2D eigenvalue weighted by Crippen LogP contribution is -2.46. The number of rotatable bonds is 8. The minimum atomic E-state index is -1.14. The zero-order valence-electron chi connectivity index (χ0n) is 14.8. The lowest BCUT2D eigenvalue weighted by Gasteiger charge is -2.26. The number of aliphatic hydroxyl groups is 1. The SMILES string of the molecule is C=C[C@H](CO)[C@H](C[C@H](NC(=O)OC(C)(C)C)C(=O)OC)C(=O)OC. The highest BCUT2D eigenvalue weighted by atomic mass is 16.6. The molecule has 0 bridgehead atoms. The van der Waals surface area contributed by atoms with Gasteiger partial charge >= 0.3 is 18.0 Å². The van der Waals surface area contributed by atoms with Gasteiger partial charge in [0.1, 0.15) is 11.6 Å². The van der Waals surface area contributed by atoms with Gasteiger partial charge in [-0.2, -0.15) is 0 Å². The van der Waals surface area contributed by atoms with Gasteiger partial charge < -0.3 is 24.6 Å². The van der Waals surface area contributed by atoms with Crippen LogP contribution in [0.1, 0.15) is 27.2 Å². The maximum Gasteiger partial charge on any atom is 0.408 e. The first-order valence-electron chi connectivity index (χ1n) is 7.48. The Hall–Kier alpha value is -2.09. The van der Waals surface area contributed by atoms with Crippen LogP contribution in [0.4, 0.5) is 4.79 Å². The topological polar surface area (TPSA) is 111 Å². The fraction of sp³-hybridized carbons (Fsp3) is 0.688. The van der Waals surface area contributed by atoms with Crippen LogP contribution in [0.2, 0.25) is 0 Å². The van der Waals surface area contributed by atoms with E-state index in [0.29, 0.717) is 0 Å². The van der Waals surface area contributed by atoms with Crippen LogP contribution in [-0.2, 0) is 23.8 Å². The molecule has 0 fully saturated rings. The average Bonchev–Trinajstić information content (AvgIpc) is 2.50. The van der Waals surface area contributed by atoms with Gasteiger partial charge in [0.2, 0.25) is 0 Å². The average molecular weight is 345 g/mol. The number of alkyl carbamates (subject to hydrolysis) is 1. The molecule has 0 aromatic heterocycles. The van der Waals surface area contributed by atoms with E-state index in [1.165, 1.54) is 13.2 Å². The summed E-state index contributed by atoms with van der Waals surface area (Å²) in [5.74, 6) is -2.88. The zero-order valence-corrected chi connectivity index (χ0v) is 14.8. The lowest BCUT2D eigenvalue weighted by molar-refractivity contribution is -0.149. The third-order valence-electron chi connectivity index (χ3n) is 3.20. The molecule has 0 heterocycles. The Morgan fingerprint density at radius 1 is 1.17 bits per heavy atom. The Balaban J connectivity index is 5.27. The molecule has 138 valence electrons. The highest BCUT2D eigenvalue weighted by Gasteiger charge is 2.34. The number of carbonyl (C=O) groups excluding carboxylic acids is 3. The van der Waals surface area contributed by atoms with E-state index in [2.05, 4.69) is 16.6 Å². The van der Waals surface area contributed by atoms with Crippen molar-refractivity contribution in [2.45, 2.75) is 38.8 Å². The monoisotopic (exact) mass is 345 g/mol. The van der Waals surface area contributed by atoms with Gasteiger partial charge in [0, 0.05) is 5.92 Å². The summed E-state index contributed by atoms with van der Waals surface area (Å²) >= 11 is 0. The summed E-state index contributed by atoms with van der Waals surface area (Å²) in [5, 5.41) is 11.8. The highest BCUT2D eigenvalue weighted by molar-refractivity contribution is 5.82. The molecule has 0 aliphatic heterocycles. The summed E-state index contributed by atoms with van der Waals surface area (Å²) in [6, 6.07) is -1.14. The van der Waals surface area contributed by atoms with E-state index < -0.39 is 41.5 Å². The Bertz CT molecular complexity index is 456. The summed E-state index contributed by atoms with van der Waals surface area (Å²) in [6.07, 6.45) is 0.444. The third-order valence-corrected chi connectivity index (χ3v) is 3.20. The van der Waals surface area contributed by atoms with Gasteiger partial charge in [-0.15, -0.1) is 6.58 Å². The standard InChI is InChI=1S/C16H27NO7/c1-7-10(9-18)11(13(19)22-5)8-12(14(20)23-6)17-15(21)24-16(2,3)4/h7,10-12,18H,1,8-9H2,2-6H3,(H,17,21)/t10-,11+,12+/m1/s1. The Morgan fingerprint density at radius 3 is 2.08 bits per heavy atom. The first-order chi connectivity index (χ1) is 11.1. The molecule has 0 aromatic carbocycles. The van der Waals surface area contributed by atoms with Crippen LogP contribution in [0.5, 0.6) is 0 Å². The van der Waals surface area contributed by atoms with Crippen LogP contribution >= 0.6 is 0 Å². The van der Waals surface area contributed by atoms with Crippen molar-refractivity contribution >= 4 is 18.0 Å². The first kappa shape index (κ1) is 21.9. The van der Waals surface area contributed by atoms with Gasteiger partial charge in [-0.25, -0.2) is 9.59 Å². The van der Waals surface area contributed by atoms with Crippen LogP contribution in [-0.4, -0.2) is 55.6 Å². The van der Waals surface area contributed by atoms with Crippen LogP contribution in [0, 0.1) is 11.8 Å². The maximum absolute atomic E-state index is 12.0. The fourth-order valence-corrected chi connectivity index (χ4v) is 2.02. The number of esters is 2. The number of carbonyl (C=O) groups is 3. The minimum Gasteiger partial charge on any atom is -0.469 e. The van der Waals surface area contributed by atoms with Crippen molar-refractivity contribution in [3.8, 4) is 0 Å². The van der Waals surface area contributed by atoms with Crippen molar-refractivity contribution in [1.29, 1.82) is 0 Å². The molecule has 0 aromatic rings. The molecule has 0 spiro atoms. The maximum atomic E-state index is 12.0. The van der Waals surface area contributed by atoms with Crippen molar-refractivity contribution in [2.75, 3.05) is 20.8 Å². The molecule has 0 saturated heterocycles. The van der Waals surface area contributed by atoms with Crippen LogP contribution in [0.25, 0.3) is 0 Å². The van der Waals surface area contributed by atoms with Gasteiger partial charge in [-0.3, -0.25) is 4.79 Å². The second-order valence-electron chi connectivity index (χ2n) is 6.17. The molecule has 8 heteroatoms. The predicted molar refractivity (Wildman–Crippen MR) is 86.1 cm³/mol. The molecular formula is C16H27NO7. The summed E-state index contributed by atoms with van der Waals surface area (Å²) in [7, 11) is 2.36. The fourth-order valence-electron chi connectivity index (χ4n) is 2.02. The highest BCUT2D eigenvalue weighted by Crippen LogP contribution is 2.21. The summed E-state index contributed by atoms with van der Waals surface area (Å²) in [6.45, 7) is 8.23. The summed E-state index contributed by atoms with van der Waals surface area (Å²) in [5.41, 5.74) is -0.749. The lowest BCUT2D eigenvalue weighted by atomic mass is 9.87. The van der Waals surface area contributed by atoms with Gasteiger partial charge in [0.05, 0.1) is 26.7 Å². The Kier molecular flexibility index (Phi) is 9.05. The minimum absolute atomic E-state index is 0.129. The van der Waals surface area contributed by atoms with Gasteiger partial charge in [0.25, 0.3) is 0 Å². The van der Waals surface area contributed by atoms with Crippen molar-refractivity contribution in [3.63, 3.8) is 0 Å². The molecule has 2 N–H and O–H groups in total. The number of methoxy groups -OCH3 is 2. The molecule has 0 aliphatic rings. The van der Waals surface area contributed by atoms with Crippen LogP contribution in [0.3, 0.4) is 0 Å². The van der Waals surface area contributed by atoms with E-state index in [4.69, 9.17) is 9.47 Å². The van der Waals surface area contributed by atoms with Gasteiger partial charge in [-0.05, 0) is 27.2 Å². The third kappa shape index (κ3) is 7.45.